The van der Waals surface area contributed by atoms with Gasteiger partial charge in [0.1, 0.15) is 24.4 Å². The van der Waals surface area contributed by atoms with Gasteiger partial charge in [-0.2, -0.15) is 0 Å². The summed E-state index contributed by atoms with van der Waals surface area (Å²) < 4.78 is 35.3. The first-order valence-corrected chi connectivity index (χ1v) is 14.2. The van der Waals surface area contributed by atoms with E-state index < -0.39 is 89.0 Å². The van der Waals surface area contributed by atoms with Gasteiger partial charge < -0.3 is 33.5 Å². The second-order valence-electron chi connectivity index (χ2n) is 12.0. The van der Waals surface area contributed by atoms with Crippen molar-refractivity contribution < 1.29 is 57.5 Å². The molecule has 1 spiro atoms. The van der Waals surface area contributed by atoms with Gasteiger partial charge >= 0.3 is 29.8 Å². The van der Waals surface area contributed by atoms with Crippen LogP contribution in [0.1, 0.15) is 74.7 Å². The Kier molecular flexibility index (Phi) is 8.38. The van der Waals surface area contributed by atoms with Gasteiger partial charge in [0.15, 0.2) is 23.4 Å². The Labute approximate surface area is 244 Å². The van der Waals surface area contributed by atoms with Crippen LogP contribution in [0.5, 0.6) is 0 Å². The SMILES string of the molecule is CCCC(=O)O[C@@H]1/C(C)=C\[C@@H]2OC(=O)[C@]3(C)O[C@]23[C@@H](OC(C)=O)[C@H]2C(C)=CC[C@H](OC(C)=O)[C@]2(C)[C@@H](OC(C)=O)[C@H]1O. The molecule has 1 N–H and O–H groups in total. The number of carbonyl (C=O) groups excluding carboxylic acids is 5. The van der Waals surface area contributed by atoms with Crippen LogP contribution in [0.3, 0.4) is 0 Å². The lowest BCUT2D eigenvalue weighted by Gasteiger charge is -2.54. The van der Waals surface area contributed by atoms with Gasteiger partial charge in [0.05, 0.1) is 5.41 Å². The first-order chi connectivity index (χ1) is 19.5. The van der Waals surface area contributed by atoms with Gasteiger partial charge in [-0.25, -0.2) is 4.79 Å². The minimum absolute atomic E-state index is 0.0601. The number of aliphatic hydroxyl groups excluding tert-OH is 1. The summed E-state index contributed by atoms with van der Waals surface area (Å²) in [4.78, 5) is 63.6. The highest BCUT2D eigenvalue weighted by Gasteiger charge is 2.87. The van der Waals surface area contributed by atoms with E-state index in [4.69, 9.17) is 28.4 Å². The van der Waals surface area contributed by atoms with E-state index in [1.54, 1.807) is 34.6 Å². The Morgan fingerprint density at radius 2 is 1.55 bits per heavy atom. The lowest BCUT2D eigenvalue weighted by Crippen LogP contribution is -2.65. The Morgan fingerprint density at radius 3 is 2.10 bits per heavy atom. The molecule has 2 aliphatic carbocycles. The molecule has 4 aliphatic rings. The number of epoxide rings is 1. The Hall–Kier alpha value is -3.25. The molecular weight excluding hydrogens is 552 g/mol. The highest BCUT2D eigenvalue weighted by atomic mass is 16.7. The van der Waals surface area contributed by atoms with E-state index in [1.165, 1.54) is 26.8 Å². The number of hydrogen-bond donors (Lipinski definition) is 1. The second kappa shape index (κ2) is 11.1. The summed E-state index contributed by atoms with van der Waals surface area (Å²) in [6, 6.07) is 0. The fraction of sp³-hybridized carbons (Fsp3) is 0.700. The van der Waals surface area contributed by atoms with Crippen molar-refractivity contribution in [3.63, 3.8) is 0 Å². The number of hydrogen-bond acceptors (Lipinski definition) is 12. The molecule has 0 aromatic heterocycles. The molecule has 0 bridgehead atoms. The lowest BCUT2D eigenvalue weighted by atomic mass is 9.56. The summed E-state index contributed by atoms with van der Waals surface area (Å²) in [5, 5.41) is 12.0. The zero-order chi connectivity index (χ0) is 31.4. The molecular formula is C30H40O12. The van der Waals surface area contributed by atoms with Gasteiger partial charge in [-0.05, 0) is 38.8 Å². The highest BCUT2D eigenvalue weighted by molar-refractivity contribution is 5.89. The molecule has 0 saturated carbocycles. The largest absolute Gasteiger partial charge is 0.461 e. The average molecular weight is 593 g/mol. The molecule has 232 valence electrons. The molecule has 2 heterocycles. The molecule has 0 amide bonds. The molecule has 2 saturated heterocycles. The zero-order valence-corrected chi connectivity index (χ0v) is 25.3. The van der Waals surface area contributed by atoms with Crippen LogP contribution in [0.25, 0.3) is 0 Å². The van der Waals surface area contributed by atoms with Gasteiger partial charge in [-0.1, -0.05) is 25.5 Å². The van der Waals surface area contributed by atoms with E-state index in [1.807, 2.05) is 6.08 Å². The third-order valence-corrected chi connectivity index (χ3v) is 9.06. The molecule has 0 unspecified atom stereocenters. The monoisotopic (exact) mass is 592 g/mol. The normalized spacial score (nSPS) is 41.7. The van der Waals surface area contributed by atoms with Gasteiger partial charge in [-0.15, -0.1) is 0 Å². The van der Waals surface area contributed by atoms with Crippen molar-refractivity contribution in [1.82, 2.24) is 0 Å². The quantitative estimate of drug-likeness (QED) is 0.207. The molecule has 2 fully saturated rings. The Balaban J connectivity index is 2.06. The van der Waals surface area contributed by atoms with Crippen molar-refractivity contribution in [1.29, 1.82) is 0 Å². The maximum Gasteiger partial charge on any atom is 0.342 e. The number of esters is 5. The molecule has 4 rings (SSSR count). The van der Waals surface area contributed by atoms with Gasteiger partial charge in [0.25, 0.3) is 0 Å². The molecule has 42 heavy (non-hydrogen) atoms. The molecule has 0 aromatic rings. The summed E-state index contributed by atoms with van der Waals surface area (Å²) in [7, 11) is 0. The summed E-state index contributed by atoms with van der Waals surface area (Å²) in [5.74, 6) is -4.28. The summed E-state index contributed by atoms with van der Waals surface area (Å²) >= 11 is 0. The zero-order valence-electron chi connectivity index (χ0n) is 25.3. The van der Waals surface area contributed by atoms with Gasteiger partial charge in [-0.3, -0.25) is 19.2 Å². The molecule has 12 heteroatoms. The van der Waals surface area contributed by atoms with Crippen molar-refractivity contribution in [2.75, 3.05) is 0 Å². The van der Waals surface area contributed by atoms with Crippen molar-refractivity contribution in [3.8, 4) is 0 Å². The number of aliphatic hydroxyl groups is 1. The van der Waals surface area contributed by atoms with Crippen LogP contribution in [0.4, 0.5) is 0 Å². The minimum atomic E-state index is -1.67. The van der Waals surface area contributed by atoms with Crippen molar-refractivity contribution >= 4 is 29.8 Å². The van der Waals surface area contributed by atoms with E-state index >= 15 is 0 Å². The highest BCUT2D eigenvalue weighted by Crippen LogP contribution is 2.65. The third-order valence-electron chi connectivity index (χ3n) is 9.06. The van der Waals surface area contributed by atoms with Crippen LogP contribution in [0.15, 0.2) is 23.3 Å². The van der Waals surface area contributed by atoms with Gasteiger partial charge in [0, 0.05) is 39.5 Å². The van der Waals surface area contributed by atoms with E-state index in [9.17, 15) is 29.1 Å². The first kappa shape index (κ1) is 31.7. The third kappa shape index (κ3) is 4.92. The molecule has 10 atom stereocenters. The minimum Gasteiger partial charge on any atom is -0.461 e. The van der Waals surface area contributed by atoms with Crippen LogP contribution >= 0.6 is 0 Å². The molecule has 0 radical (unpaired) electrons. The van der Waals surface area contributed by atoms with Crippen LogP contribution in [-0.4, -0.2) is 82.8 Å². The fourth-order valence-corrected chi connectivity index (χ4v) is 7.13. The number of ether oxygens (including phenoxy) is 6. The second-order valence-corrected chi connectivity index (χ2v) is 12.0. The number of fused-ring (bicyclic) bond motifs is 1. The molecule has 2 aliphatic heterocycles. The maximum absolute atomic E-state index is 13.2. The Morgan fingerprint density at radius 1 is 0.952 bits per heavy atom. The van der Waals surface area contributed by atoms with Crippen LogP contribution in [0, 0.1) is 11.3 Å². The molecule has 0 aromatic carbocycles. The van der Waals surface area contributed by atoms with E-state index in [2.05, 4.69) is 0 Å². The van der Waals surface area contributed by atoms with E-state index in [0.717, 1.165) is 0 Å². The van der Waals surface area contributed by atoms with Crippen molar-refractivity contribution in [2.24, 2.45) is 11.3 Å². The van der Waals surface area contributed by atoms with E-state index in [0.29, 0.717) is 12.0 Å². The fourth-order valence-electron chi connectivity index (χ4n) is 7.13. The number of carbonyl (C=O) groups is 5. The molecule has 12 nitrogen and oxygen atoms in total. The predicted molar refractivity (Wildman–Crippen MR) is 143 cm³/mol. The van der Waals surface area contributed by atoms with Crippen molar-refractivity contribution in [3.05, 3.63) is 23.3 Å². The first-order valence-electron chi connectivity index (χ1n) is 14.2. The van der Waals surface area contributed by atoms with Crippen LogP contribution < -0.4 is 0 Å². The summed E-state index contributed by atoms with van der Waals surface area (Å²) in [5.41, 5.74) is -3.59. The lowest BCUT2D eigenvalue weighted by molar-refractivity contribution is -0.218. The van der Waals surface area contributed by atoms with Crippen LogP contribution in [0.2, 0.25) is 0 Å². The topological polar surface area (TPSA) is 164 Å². The predicted octanol–water partition coefficient (Wildman–Crippen LogP) is 2.24. The van der Waals surface area contributed by atoms with E-state index in [-0.39, 0.29) is 18.4 Å². The average Bonchev–Trinajstić information content (AvgIpc) is 3.47. The maximum atomic E-state index is 13.2. The van der Waals surface area contributed by atoms with Crippen molar-refractivity contribution in [2.45, 2.75) is 122 Å². The summed E-state index contributed by atoms with van der Waals surface area (Å²) in [6.07, 6.45) is -3.75. The van der Waals surface area contributed by atoms with Gasteiger partial charge in [0.2, 0.25) is 0 Å². The smallest absolute Gasteiger partial charge is 0.342 e. The summed E-state index contributed by atoms with van der Waals surface area (Å²) in [6.45, 7) is 12.0. The standard InChI is InChI=1S/C30H40O12/c1-9-10-21(34)41-24-15(3)13-20-30(29(8,42-30)27(36)40-20)25(38-17(5)32)22-14(2)11-12-19(37-16(4)31)28(22,7)26(23(24)35)39-18(6)33/h11,13,19-20,22-26,35H,9-10,12H2,1-8H3/b15-13-/t19-,20-,22+,23-,24+,25-,26-,28-,29-,30-/m0/s1. The van der Waals surface area contributed by atoms with Crippen LogP contribution in [-0.2, 0) is 52.4 Å². The Bertz CT molecular complexity index is 1240. The number of rotatable bonds is 6.